The molecule has 12 heavy (non-hydrogen) atoms. The highest BCUT2D eigenvalue weighted by atomic mass is 16.5. The predicted molar refractivity (Wildman–Crippen MR) is 47.3 cm³/mol. The van der Waals surface area contributed by atoms with Crippen LogP contribution in [-0.2, 0) is 0 Å². The fourth-order valence-corrected chi connectivity index (χ4v) is 1.17. The minimum Gasteiger partial charge on any atom is -0.507 e. The zero-order chi connectivity index (χ0) is 9.14. The SMILES string of the molecule is COc1cccc(O)c1C(C)N. The molecule has 0 aliphatic heterocycles. The van der Waals surface area contributed by atoms with E-state index in [1.807, 2.05) is 0 Å². The van der Waals surface area contributed by atoms with E-state index >= 15 is 0 Å². The number of phenols is 1. The van der Waals surface area contributed by atoms with E-state index in [1.54, 1.807) is 32.2 Å². The van der Waals surface area contributed by atoms with Crippen molar-refractivity contribution in [1.82, 2.24) is 0 Å². The highest BCUT2D eigenvalue weighted by Crippen LogP contribution is 2.31. The van der Waals surface area contributed by atoms with Gasteiger partial charge in [0.05, 0.1) is 12.7 Å². The number of aromatic hydroxyl groups is 1. The number of ether oxygens (including phenoxy) is 1. The summed E-state index contributed by atoms with van der Waals surface area (Å²) in [6.45, 7) is 1.80. The first-order valence-electron chi connectivity index (χ1n) is 3.78. The fraction of sp³-hybridized carbons (Fsp3) is 0.333. The molecule has 0 bridgehead atoms. The number of rotatable bonds is 2. The summed E-state index contributed by atoms with van der Waals surface area (Å²) >= 11 is 0. The Balaban J connectivity index is 3.20. The van der Waals surface area contributed by atoms with Crippen LogP contribution in [-0.4, -0.2) is 12.2 Å². The zero-order valence-electron chi connectivity index (χ0n) is 7.24. The molecule has 3 heteroatoms. The molecule has 1 aromatic rings. The lowest BCUT2D eigenvalue weighted by Gasteiger charge is -2.12. The highest BCUT2D eigenvalue weighted by molar-refractivity contribution is 5.45. The summed E-state index contributed by atoms with van der Waals surface area (Å²) in [4.78, 5) is 0. The van der Waals surface area contributed by atoms with Crippen LogP contribution >= 0.6 is 0 Å². The largest absolute Gasteiger partial charge is 0.507 e. The molecular weight excluding hydrogens is 154 g/mol. The van der Waals surface area contributed by atoms with Gasteiger partial charge >= 0.3 is 0 Å². The molecule has 1 aromatic carbocycles. The Labute approximate surface area is 71.8 Å². The van der Waals surface area contributed by atoms with E-state index in [0.29, 0.717) is 11.3 Å². The third kappa shape index (κ3) is 1.51. The molecule has 0 aromatic heterocycles. The third-order valence-corrected chi connectivity index (χ3v) is 1.72. The van der Waals surface area contributed by atoms with Gasteiger partial charge in [0.1, 0.15) is 11.5 Å². The Kier molecular flexibility index (Phi) is 2.55. The third-order valence-electron chi connectivity index (χ3n) is 1.72. The average Bonchev–Trinajstić information content (AvgIpc) is 2.03. The highest BCUT2D eigenvalue weighted by Gasteiger charge is 2.11. The Hall–Kier alpha value is -1.22. The van der Waals surface area contributed by atoms with Crippen LogP contribution in [0.5, 0.6) is 11.5 Å². The second kappa shape index (κ2) is 3.45. The number of benzene rings is 1. The lowest BCUT2D eigenvalue weighted by Crippen LogP contribution is -2.07. The molecule has 0 saturated carbocycles. The van der Waals surface area contributed by atoms with Crippen LogP contribution in [0.25, 0.3) is 0 Å². The van der Waals surface area contributed by atoms with Gasteiger partial charge in [-0.3, -0.25) is 0 Å². The minimum absolute atomic E-state index is 0.185. The second-order valence-corrected chi connectivity index (χ2v) is 2.68. The Morgan fingerprint density at radius 1 is 1.50 bits per heavy atom. The smallest absolute Gasteiger partial charge is 0.127 e. The van der Waals surface area contributed by atoms with Gasteiger partial charge in [0.2, 0.25) is 0 Å². The first-order chi connectivity index (χ1) is 5.66. The van der Waals surface area contributed by atoms with Gasteiger partial charge in [0.15, 0.2) is 0 Å². The van der Waals surface area contributed by atoms with Crippen molar-refractivity contribution in [2.24, 2.45) is 5.73 Å². The molecule has 3 N–H and O–H groups in total. The van der Waals surface area contributed by atoms with E-state index < -0.39 is 0 Å². The normalized spacial score (nSPS) is 12.6. The first-order valence-corrected chi connectivity index (χ1v) is 3.78. The predicted octanol–water partition coefficient (Wildman–Crippen LogP) is 1.42. The molecule has 1 rings (SSSR count). The maximum atomic E-state index is 9.43. The summed E-state index contributed by atoms with van der Waals surface area (Å²) in [6.07, 6.45) is 0. The fourth-order valence-electron chi connectivity index (χ4n) is 1.17. The Bertz CT molecular complexity index is 271. The van der Waals surface area contributed by atoms with Crippen molar-refractivity contribution in [3.05, 3.63) is 23.8 Å². The van der Waals surface area contributed by atoms with Gasteiger partial charge in [0, 0.05) is 6.04 Å². The van der Waals surface area contributed by atoms with Crippen molar-refractivity contribution in [3.63, 3.8) is 0 Å². The quantitative estimate of drug-likeness (QED) is 0.700. The van der Waals surface area contributed by atoms with Crippen LogP contribution in [0.1, 0.15) is 18.5 Å². The monoisotopic (exact) mass is 167 g/mol. The molecular formula is C9H13NO2. The van der Waals surface area contributed by atoms with Gasteiger partial charge in [-0.25, -0.2) is 0 Å². The van der Waals surface area contributed by atoms with Crippen molar-refractivity contribution >= 4 is 0 Å². The standard InChI is InChI=1S/C9H13NO2/c1-6(10)9-7(11)4-3-5-8(9)12-2/h3-6,11H,10H2,1-2H3. The molecule has 3 nitrogen and oxygen atoms in total. The number of hydrogen-bond donors (Lipinski definition) is 2. The summed E-state index contributed by atoms with van der Waals surface area (Å²) < 4.78 is 5.05. The van der Waals surface area contributed by atoms with Crippen LogP contribution < -0.4 is 10.5 Å². The maximum Gasteiger partial charge on any atom is 0.127 e. The molecule has 66 valence electrons. The van der Waals surface area contributed by atoms with Crippen LogP contribution in [0.3, 0.4) is 0 Å². The van der Waals surface area contributed by atoms with Gasteiger partial charge in [-0.1, -0.05) is 6.07 Å². The average molecular weight is 167 g/mol. The minimum atomic E-state index is -0.221. The molecule has 0 spiro atoms. The molecule has 1 atom stereocenters. The molecule has 0 saturated heterocycles. The molecule has 0 fully saturated rings. The van der Waals surface area contributed by atoms with Crippen molar-refractivity contribution in [1.29, 1.82) is 0 Å². The van der Waals surface area contributed by atoms with Gasteiger partial charge in [-0.05, 0) is 19.1 Å². The van der Waals surface area contributed by atoms with Gasteiger partial charge in [-0.15, -0.1) is 0 Å². The van der Waals surface area contributed by atoms with E-state index in [1.165, 1.54) is 0 Å². The molecule has 0 heterocycles. The lowest BCUT2D eigenvalue weighted by molar-refractivity contribution is 0.395. The topological polar surface area (TPSA) is 55.5 Å². The lowest BCUT2D eigenvalue weighted by atomic mass is 10.1. The number of hydrogen-bond acceptors (Lipinski definition) is 3. The summed E-state index contributed by atoms with van der Waals surface area (Å²) in [7, 11) is 1.56. The van der Waals surface area contributed by atoms with E-state index in [4.69, 9.17) is 10.5 Å². The Morgan fingerprint density at radius 2 is 2.17 bits per heavy atom. The second-order valence-electron chi connectivity index (χ2n) is 2.68. The molecule has 1 unspecified atom stereocenters. The van der Waals surface area contributed by atoms with E-state index in [2.05, 4.69) is 0 Å². The van der Waals surface area contributed by atoms with Crippen LogP contribution in [0, 0.1) is 0 Å². The Morgan fingerprint density at radius 3 is 2.58 bits per heavy atom. The maximum absolute atomic E-state index is 9.43. The number of methoxy groups -OCH3 is 1. The summed E-state index contributed by atoms with van der Waals surface area (Å²) in [6, 6.07) is 4.88. The van der Waals surface area contributed by atoms with Crippen LogP contribution in [0.2, 0.25) is 0 Å². The molecule has 0 radical (unpaired) electrons. The summed E-state index contributed by atoms with van der Waals surface area (Å²) in [5.41, 5.74) is 6.30. The van der Waals surface area contributed by atoms with Crippen LogP contribution in [0.15, 0.2) is 18.2 Å². The van der Waals surface area contributed by atoms with E-state index in [-0.39, 0.29) is 11.8 Å². The number of phenolic OH excluding ortho intramolecular Hbond substituents is 1. The van der Waals surface area contributed by atoms with E-state index in [0.717, 1.165) is 0 Å². The van der Waals surface area contributed by atoms with Crippen molar-refractivity contribution < 1.29 is 9.84 Å². The molecule has 0 aliphatic carbocycles. The van der Waals surface area contributed by atoms with Gasteiger partial charge < -0.3 is 15.6 Å². The molecule has 0 amide bonds. The van der Waals surface area contributed by atoms with Crippen molar-refractivity contribution in [2.75, 3.05) is 7.11 Å². The van der Waals surface area contributed by atoms with Crippen molar-refractivity contribution in [2.45, 2.75) is 13.0 Å². The summed E-state index contributed by atoms with van der Waals surface area (Å²) in [5.74, 6) is 0.814. The summed E-state index contributed by atoms with van der Waals surface area (Å²) in [5, 5.41) is 9.43. The van der Waals surface area contributed by atoms with Gasteiger partial charge in [0.25, 0.3) is 0 Å². The number of nitrogens with two attached hydrogens (primary N) is 1. The van der Waals surface area contributed by atoms with Gasteiger partial charge in [-0.2, -0.15) is 0 Å². The zero-order valence-corrected chi connectivity index (χ0v) is 7.24. The van der Waals surface area contributed by atoms with Crippen molar-refractivity contribution in [3.8, 4) is 11.5 Å². The first kappa shape index (κ1) is 8.87. The van der Waals surface area contributed by atoms with Crippen LogP contribution in [0.4, 0.5) is 0 Å². The molecule has 0 aliphatic rings. The van der Waals surface area contributed by atoms with E-state index in [9.17, 15) is 5.11 Å².